The van der Waals surface area contributed by atoms with Crippen LogP contribution in [0.25, 0.3) is 22.6 Å². The number of aromatic nitrogens is 1. The van der Waals surface area contributed by atoms with Crippen LogP contribution in [0.1, 0.15) is 18.4 Å². The Balaban J connectivity index is 0.000000322. The number of hydrogen-bond acceptors (Lipinski definition) is 4. The molecule has 1 aromatic heterocycles. The molecule has 0 aliphatic heterocycles. The smallest absolute Gasteiger partial charge is 0.158 e. The second-order valence-electron chi connectivity index (χ2n) is 6.50. The molecule has 1 heterocycles. The molecule has 0 fully saturated rings. The molecule has 157 valence electrons. The minimum Gasteiger partial charge on any atom is -0.497 e. The molecule has 4 rings (SSSR count). The summed E-state index contributed by atoms with van der Waals surface area (Å²) in [5, 5.41) is 0. The summed E-state index contributed by atoms with van der Waals surface area (Å²) in [4.78, 5) is 4.41. The average molecular weight is 488 g/mol. The molecule has 0 aliphatic rings. The maximum atomic E-state index is 5.69. The van der Waals surface area contributed by atoms with E-state index in [1.165, 1.54) is 5.56 Å². The molecule has 4 aromatic rings. The molecule has 0 aliphatic carbocycles. The molecule has 0 bridgehead atoms. The predicted molar refractivity (Wildman–Crippen MR) is 120 cm³/mol. The first-order valence-electron chi connectivity index (χ1n) is 9.71. The van der Waals surface area contributed by atoms with Crippen LogP contribution in [0.2, 0.25) is 0 Å². The third-order valence-electron chi connectivity index (χ3n) is 4.58. The monoisotopic (exact) mass is 488 g/mol. The van der Waals surface area contributed by atoms with E-state index in [0.29, 0.717) is 11.7 Å². The van der Waals surface area contributed by atoms with Crippen molar-refractivity contribution in [1.82, 2.24) is 4.98 Å². The number of aryl methyl sites for hydroxylation is 1. The molecule has 0 unspecified atom stereocenters. The molecule has 0 amide bonds. The first-order valence-corrected chi connectivity index (χ1v) is 9.71. The third-order valence-corrected chi connectivity index (χ3v) is 4.58. The van der Waals surface area contributed by atoms with Crippen molar-refractivity contribution in [3.8, 4) is 34.1 Å². The first kappa shape index (κ1) is 24.7. The van der Waals surface area contributed by atoms with E-state index in [1.54, 1.807) is 14.2 Å². The van der Waals surface area contributed by atoms with Crippen molar-refractivity contribution in [2.75, 3.05) is 14.2 Å². The van der Waals surface area contributed by atoms with Crippen LogP contribution >= 0.6 is 0 Å². The summed E-state index contributed by atoms with van der Waals surface area (Å²) in [5.41, 5.74) is 4.01. The van der Waals surface area contributed by atoms with Gasteiger partial charge in [0.2, 0.25) is 0 Å². The van der Waals surface area contributed by atoms with Crippen LogP contribution in [0, 0.1) is 13.0 Å². The van der Waals surface area contributed by atoms with Crippen LogP contribution in [0.15, 0.2) is 77.2 Å². The molecule has 0 atom stereocenters. The van der Waals surface area contributed by atoms with Gasteiger partial charge in [0, 0.05) is 43.8 Å². The van der Waals surface area contributed by atoms with E-state index in [9.17, 15) is 0 Å². The molecule has 5 heteroatoms. The van der Waals surface area contributed by atoms with Crippen molar-refractivity contribution in [2.45, 2.75) is 13.3 Å². The molecule has 1 radical (unpaired) electrons. The van der Waals surface area contributed by atoms with Crippen LogP contribution < -0.4 is 9.47 Å². The summed E-state index contributed by atoms with van der Waals surface area (Å²) in [7, 11) is 3.28. The summed E-state index contributed by atoms with van der Waals surface area (Å²) in [6.07, 6.45) is 1.12. The van der Waals surface area contributed by atoms with E-state index in [4.69, 9.17) is 13.9 Å². The maximum absolute atomic E-state index is 5.69. The average Bonchev–Trinajstić information content (AvgIpc) is 3.21. The van der Waals surface area contributed by atoms with Gasteiger partial charge in [-0.3, -0.25) is 0 Å². The molecule has 31 heavy (non-hydrogen) atoms. The zero-order chi connectivity index (χ0) is 21.3. The normalized spacial score (nSPS) is 9.77. The SMILES string of the molecule is CCc1cc[c-]cc1.[CH2-]c1nc(-c2ccc(OC)cc2)c(-c2ccc(OC)cc2)o1.[Y]. The number of nitrogens with zero attached hydrogens (tertiary/aromatic N) is 1. The summed E-state index contributed by atoms with van der Waals surface area (Å²) in [6.45, 7) is 5.94. The van der Waals surface area contributed by atoms with Gasteiger partial charge in [-0.2, -0.15) is 35.9 Å². The van der Waals surface area contributed by atoms with Gasteiger partial charge in [0.25, 0.3) is 0 Å². The van der Waals surface area contributed by atoms with Gasteiger partial charge in [0.05, 0.1) is 20.1 Å². The largest absolute Gasteiger partial charge is 0.497 e. The van der Waals surface area contributed by atoms with E-state index >= 15 is 0 Å². The second kappa shape index (κ2) is 12.3. The Morgan fingerprint density at radius 1 is 0.839 bits per heavy atom. The molecule has 0 N–H and O–H groups in total. The minimum absolute atomic E-state index is 0. The Morgan fingerprint density at radius 3 is 1.81 bits per heavy atom. The Morgan fingerprint density at radius 2 is 1.35 bits per heavy atom. The summed E-state index contributed by atoms with van der Waals surface area (Å²) >= 11 is 0. The van der Waals surface area contributed by atoms with Crippen LogP contribution in [0.5, 0.6) is 11.5 Å². The van der Waals surface area contributed by atoms with Crippen molar-refractivity contribution in [3.63, 3.8) is 0 Å². The molecule has 4 nitrogen and oxygen atoms in total. The van der Waals surface area contributed by atoms with Crippen molar-refractivity contribution in [2.24, 2.45) is 0 Å². The number of hydrogen-bond donors (Lipinski definition) is 0. The van der Waals surface area contributed by atoms with E-state index < -0.39 is 0 Å². The van der Waals surface area contributed by atoms with Gasteiger partial charge in [-0.15, -0.1) is 0 Å². The summed E-state index contributed by atoms with van der Waals surface area (Å²) < 4.78 is 16.0. The fraction of sp³-hybridized carbons (Fsp3) is 0.154. The predicted octanol–water partition coefficient (Wildman–Crippen LogP) is 6.25. The van der Waals surface area contributed by atoms with E-state index in [2.05, 4.69) is 37.0 Å². The van der Waals surface area contributed by atoms with Crippen LogP contribution in [0.3, 0.4) is 0 Å². The minimum atomic E-state index is 0. The topological polar surface area (TPSA) is 44.5 Å². The van der Waals surface area contributed by atoms with Crippen LogP contribution in [0.4, 0.5) is 0 Å². The van der Waals surface area contributed by atoms with Gasteiger partial charge >= 0.3 is 0 Å². The molecule has 0 saturated carbocycles. The molecule has 0 saturated heterocycles. The molecule has 0 spiro atoms. The van der Waals surface area contributed by atoms with Gasteiger partial charge in [-0.05, 0) is 48.5 Å². The summed E-state index contributed by atoms with van der Waals surface area (Å²) in [5.74, 6) is 2.67. The number of ether oxygens (including phenoxy) is 2. The van der Waals surface area contributed by atoms with Crippen LogP contribution in [-0.2, 0) is 39.1 Å². The van der Waals surface area contributed by atoms with Gasteiger partial charge in [0.15, 0.2) is 5.76 Å². The Labute approximate surface area is 209 Å². The quantitative estimate of drug-likeness (QED) is 0.312. The van der Waals surface area contributed by atoms with Gasteiger partial charge in [-0.1, -0.05) is 13.3 Å². The standard InChI is InChI=1S/C18H16NO3.C8H9.Y/c1-12-19-17(13-4-8-15(20-2)9-5-13)18(22-12)14-6-10-16(21-3)11-7-14;1-2-8-6-4-3-5-7-8;/h4-11H,1H2,2-3H3;4-7H,2H2,1H3;/q2*-1;. The number of rotatable bonds is 5. The third kappa shape index (κ3) is 6.71. The molecular formula is C26H25NO3Y-2. The number of oxazole rings is 1. The van der Waals surface area contributed by atoms with E-state index in [-0.39, 0.29) is 32.7 Å². The zero-order valence-electron chi connectivity index (χ0n) is 18.1. The van der Waals surface area contributed by atoms with Gasteiger partial charge in [-0.25, -0.2) is 4.98 Å². The fourth-order valence-corrected chi connectivity index (χ4v) is 2.90. The van der Waals surface area contributed by atoms with Gasteiger partial charge < -0.3 is 20.8 Å². The van der Waals surface area contributed by atoms with Crippen molar-refractivity contribution in [3.05, 3.63) is 97.2 Å². The molecule has 3 aromatic carbocycles. The Hall–Kier alpha value is -2.56. The zero-order valence-corrected chi connectivity index (χ0v) is 20.9. The van der Waals surface area contributed by atoms with E-state index in [0.717, 1.165) is 34.7 Å². The first-order chi connectivity index (χ1) is 14.6. The Kier molecular flexibility index (Phi) is 9.83. The van der Waals surface area contributed by atoms with Gasteiger partial charge in [0.1, 0.15) is 17.2 Å². The maximum Gasteiger partial charge on any atom is 0.158 e. The van der Waals surface area contributed by atoms with Crippen molar-refractivity contribution < 1.29 is 46.6 Å². The summed E-state index contributed by atoms with van der Waals surface area (Å²) in [6, 6.07) is 26.3. The number of benzene rings is 3. The Bertz CT molecular complexity index is 977. The van der Waals surface area contributed by atoms with Crippen LogP contribution in [-0.4, -0.2) is 19.2 Å². The fourth-order valence-electron chi connectivity index (χ4n) is 2.90. The van der Waals surface area contributed by atoms with E-state index in [1.807, 2.05) is 60.7 Å². The molecular weight excluding hydrogens is 463 g/mol. The second-order valence-corrected chi connectivity index (χ2v) is 6.50. The van der Waals surface area contributed by atoms with Crippen molar-refractivity contribution >= 4 is 0 Å². The number of methoxy groups -OCH3 is 2. The van der Waals surface area contributed by atoms with Crippen molar-refractivity contribution in [1.29, 1.82) is 0 Å².